The largest absolute Gasteiger partial charge is 0.428 e. The van der Waals surface area contributed by atoms with Crippen LogP contribution in [0.25, 0.3) is 11.3 Å². The van der Waals surface area contributed by atoms with E-state index in [9.17, 15) is 0 Å². The molecule has 0 saturated heterocycles. The van der Waals surface area contributed by atoms with Crippen LogP contribution in [0, 0.1) is 18.3 Å². The summed E-state index contributed by atoms with van der Waals surface area (Å²) in [4.78, 5) is 3.82. The highest BCUT2D eigenvalue weighted by Crippen LogP contribution is 2.23. The summed E-state index contributed by atoms with van der Waals surface area (Å²) < 4.78 is 5.23. The molecular formula is C11H8N2O. The van der Waals surface area contributed by atoms with Gasteiger partial charge in [0.25, 0.3) is 0 Å². The highest BCUT2D eigenvalue weighted by Gasteiger charge is 2.06. The van der Waals surface area contributed by atoms with Gasteiger partial charge in [0.15, 0.2) is 11.8 Å². The molecule has 0 saturated carbocycles. The van der Waals surface area contributed by atoms with E-state index in [2.05, 4.69) is 4.98 Å². The van der Waals surface area contributed by atoms with Crippen LogP contribution in [0.15, 0.2) is 34.9 Å². The number of hydrogen-bond donors (Lipinski definition) is 0. The molecule has 3 nitrogen and oxygen atoms in total. The van der Waals surface area contributed by atoms with E-state index in [4.69, 9.17) is 9.68 Å². The van der Waals surface area contributed by atoms with Gasteiger partial charge >= 0.3 is 5.89 Å². The quantitative estimate of drug-likeness (QED) is 0.684. The summed E-state index contributed by atoms with van der Waals surface area (Å²) in [5.41, 5.74) is 2.08. The lowest BCUT2D eigenvalue weighted by Crippen LogP contribution is -1.78. The Kier molecular flexibility index (Phi) is 2.04. The molecule has 3 heteroatoms. The zero-order chi connectivity index (χ0) is 9.97. The summed E-state index contributed by atoms with van der Waals surface area (Å²) in [5, 5.41) is 8.56. The smallest absolute Gasteiger partial charge is 0.301 e. The van der Waals surface area contributed by atoms with Crippen molar-refractivity contribution in [2.24, 2.45) is 0 Å². The van der Waals surface area contributed by atoms with Gasteiger partial charge in [-0.05, 0) is 12.5 Å². The summed E-state index contributed by atoms with van der Waals surface area (Å²) in [5.74, 6) is 0.739. The van der Waals surface area contributed by atoms with Crippen LogP contribution in [0.1, 0.15) is 11.5 Å². The molecule has 0 atom stereocenters. The summed E-state index contributed by atoms with van der Waals surface area (Å²) in [6.45, 7) is 1.99. The third kappa shape index (κ3) is 1.38. The van der Waals surface area contributed by atoms with Crippen LogP contribution < -0.4 is 0 Å². The number of aromatic nitrogens is 1. The first-order valence-electron chi connectivity index (χ1n) is 4.23. The van der Waals surface area contributed by atoms with E-state index in [0.29, 0.717) is 5.76 Å². The maximum absolute atomic E-state index is 8.56. The van der Waals surface area contributed by atoms with Gasteiger partial charge in [0, 0.05) is 5.56 Å². The van der Waals surface area contributed by atoms with Crippen LogP contribution in [0.4, 0.5) is 0 Å². The van der Waals surface area contributed by atoms with Crippen molar-refractivity contribution in [3.05, 3.63) is 41.9 Å². The predicted octanol–water partition coefficient (Wildman–Crippen LogP) is 2.52. The average Bonchev–Trinajstić information content (AvgIpc) is 2.67. The Morgan fingerprint density at radius 1 is 1.36 bits per heavy atom. The molecular weight excluding hydrogens is 176 g/mol. The molecule has 2 rings (SSSR count). The number of nitriles is 1. The molecule has 68 valence electrons. The van der Waals surface area contributed by atoms with E-state index in [1.54, 1.807) is 6.20 Å². The van der Waals surface area contributed by atoms with Gasteiger partial charge in [0.2, 0.25) is 0 Å². The van der Waals surface area contributed by atoms with Crippen molar-refractivity contribution in [2.45, 2.75) is 6.92 Å². The number of nitrogens with zero attached hydrogens (tertiary/aromatic N) is 2. The third-order valence-electron chi connectivity index (χ3n) is 2.01. The lowest BCUT2D eigenvalue weighted by Gasteiger charge is -1.99. The van der Waals surface area contributed by atoms with Crippen LogP contribution in [-0.4, -0.2) is 4.98 Å². The van der Waals surface area contributed by atoms with Gasteiger partial charge < -0.3 is 4.42 Å². The summed E-state index contributed by atoms with van der Waals surface area (Å²) in [7, 11) is 0. The molecule has 1 aromatic carbocycles. The molecule has 0 aliphatic heterocycles. The van der Waals surface area contributed by atoms with Crippen LogP contribution in [0.3, 0.4) is 0 Å². The molecule has 0 fully saturated rings. The molecule has 0 aliphatic rings. The number of oxazole rings is 1. The van der Waals surface area contributed by atoms with Crippen LogP contribution in [-0.2, 0) is 0 Å². The van der Waals surface area contributed by atoms with E-state index in [1.165, 1.54) is 0 Å². The molecule has 1 aromatic heterocycles. The first-order valence-corrected chi connectivity index (χ1v) is 4.23. The van der Waals surface area contributed by atoms with Crippen molar-refractivity contribution in [3.63, 3.8) is 0 Å². The Morgan fingerprint density at radius 2 is 2.14 bits per heavy atom. The molecule has 2 aromatic rings. The second-order valence-corrected chi connectivity index (χ2v) is 2.96. The monoisotopic (exact) mass is 184 g/mol. The van der Waals surface area contributed by atoms with Gasteiger partial charge in [-0.1, -0.05) is 24.3 Å². The lowest BCUT2D eigenvalue weighted by molar-refractivity contribution is 0.555. The molecule has 0 amide bonds. The fourth-order valence-corrected chi connectivity index (χ4v) is 1.30. The Hall–Kier alpha value is -2.08. The van der Waals surface area contributed by atoms with Gasteiger partial charge in [-0.25, -0.2) is 4.98 Å². The van der Waals surface area contributed by atoms with Crippen molar-refractivity contribution >= 4 is 0 Å². The molecule has 0 radical (unpaired) electrons. The number of aryl methyl sites for hydroxylation is 1. The molecule has 14 heavy (non-hydrogen) atoms. The van der Waals surface area contributed by atoms with Crippen LogP contribution in [0.5, 0.6) is 0 Å². The minimum atomic E-state index is 0.100. The van der Waals surface area contributed by atoms with E-state index < -0.39 is 0 Å². The molecule has 1 heterocycles. The van der Waals surface area contributed by atoms with Crippen molar-refractivity contribution in [2.75, 3.05) is 0 Å². The number of benzene rings is 1. The highest BCUT2D eigenvalue weighted by molar-refractivity contribution is 5.60. The standard InChI is InChI=1S/C11H8N2O/c1-8-4-2-3-5-9(8)10-7-13-11(6-12)14-10/h2-5,7H,1H3. The Balaban J connectivity index is 2.51. The average molecular weight is 184 g/mol. The first-order chi connectivity index (χ1) is 6.81. The maximum Gasteiger partial charge on any atom is 0.301 e. The zero-order valence-corrected chi connectivity index (χ0v) is 7.69. The van der Waals surface area contributed by atoms with Crippen molar-refractivity contribution in [1.82, 2.24) is 4.98 Å². The predicted molar refractivity (Wildman–Crippen MR) is 51.4 cm³/mol. The molecule has 0 aliphatic carbocycles. The first kappa shape index (κ1) is 8.52. The molecule has 0 bridgehead atoms. The molecule has 0 unspecified atom stereocenters. The normalized spacial score (nSPS) is 9.71. The minimum absolute atomic E-state index is 0.100. The van der Waals surface area contributed by atoms with Crippen molar-refractivity contribution in [1.29, 1.82) is 5.26 Å². The van der Waals surface area contributed by atoms with Gasteiger partial charge in [0.1, 0.15) is 0 Å². The Morgan fingerprint density at radius 3 is 2.79 bits per heavy atom. The summed E-state index contributed by atoms with van der Waals surface area (Å²) in [6.07, 6.45) is 1.57. The van der Waals surface area contributed by atoms with E-state index in [-0.39, 0.29) is 5.89 Å². The molecule has 0 spiro atoms. The maximum atomic E-state index is 8.56. The Bertz CT molecular complexity index is 494. The van der Waals surface area contributed by atoms with Gasteiger partial charge in [0.05, 0.1) is 6.20 Å². The van der Waals surface area contributed by atoms with Gasteiger partial charge in [-0.15, -0.1) is 0 Å². The number of rotatable bonds is 1. The minimum Gasteiger partial charge on any atom is -0.428 e. The van der Waals surface area contributed by atoms with Crippen molar-refractivity contribution < 1.29 is 4.42 Å². The fraction of sp³-hybridized carbons (Fsp3) is 0.0909. The third-order valence-corrected chi connectivity index (χ3v) is 2.01. The lowest BCUT2D eigenvalue weighted by atomic mass is 10.1. The summed E-state index contributed by atoms with van der Waals surface area (Å²) in [6, 6.07) is 9.68. The van der Waals surface area contributed by atoms with E-state index >= 15 is 0 Å². The highest BCUT2D eigenvalue weighted by atomic mass is 16.4. The summed E-state index contributed by atoms with van der Waals surface area (Å²) >= 11 is 0. The second kappa shape index (κ2) is 3.35. The topological polar surface area (TPSA) is 49.8 Å². The second-order valence-electron chi connectivity index (χ2n) is 2.96. The van der Waals surface area contributed by atoms with E-state index in [1.807, 2.05) is 37.3 Å². The van der Waals surface area contributed by atoms with Gasteiger partial charge in [-0.3, -0.25) is 0 Å². The van der Waals surface area contributed by atoms with Crippen LogP contribution >= 0.6 is 0 Å². The van der Waals surface area contributed by atoms with Crippen molar-refractivity contribution in [3.8, 4) is 17.4 Å². The van der Waals surface area contributed by atoms with E-state index in [0.717, 1.165) is 11.1 Å². The van der Waals surface area contributed by atoms with Crippen LogP contribution in [0.2, 0.25) is 0 Å². The number of hydrogen-bond acceptors (Lipinski definition) is 3. The zero-order valence-electron chi connectivity index (χ0n) is 7.69. The fourth-order valence-electron chi connectivity index (χ4n) is 1.30. The SMILES string of the molecule is Cc1ccccc1-c1cnc(C#N)o1. The van der Waals surface area contributed by atoms with Gasteiger partial charge in [-0.2, -0.15) is 5.26 Å². The Labute approximate surface area is 81.6 Å². The molecule has 0 N–H and O–H groups in total.